The third kappa shape index (κ3) is 4.12. The van der Waals surface area contributed by atoms with Gasteiger partial charge in [-0.2, -0.15) is 0 Å². The summed E-state index contributed by atoms with van der Waals surface area (Å²) in [6.45, 7) is 7.29. The van der Waals surface area contributed by atoms with Crippen molar-refractivity contribution >= 4 is 5.91 Å². The molecule has 0 aliphatic carbocycles. The molecule has 23 heavy (non-hydrogen) atoms. The van der Waals surface area contributed by atoms with E-state index in [2.05, 4.69) is 52.4 Å². The summed E-state index contributed by atoms with van der Waals surface area (Å²) in [6.07, 6.45) is 4.00. The molecule has 4 heteroatoms. The number of benzene rings is 1. The summed E-state index contributed by atoms with van der Waals surface area (Å²) < 4.78 is 0. The van der Waals surface area contributed by atoms with Crippen molar-refractivity contribution in [1.82, 2.24) is 15.1 Å². The molecule has 2 fully saturated rings. The topological polar surface area (TPSA) is 35.6 Å². The quantitative estimate of drug-likeness (QED) is 0.784. The molecule has 4 nitrogen and oxygen atoms in total. The number of likely N-dealkylation sites (tertiary alicyclic amines) is 2. The number of hydrogen-bond donors (Lipinski definition) is 1. The molecule has 1 N–H and O–H groups in total. The third-order valence-electron chi connectivity index (χ3n) is 5.17. The van der Waals surface area contributed by atoms with Crippen LogP contribution in [0.1, 0.15) is 38.2 Å². The van der Waals surface area contributed by atoms with Gasteiger partial charge in [-0.1, -0.05) is 37.3 Å². The van der Waals surface area contributed by atoms with Gasteiger partial charge in [0, 0.05) is 38.1 Å². The molecule has 1 aromatic rings. The van der Waals surface area contributed by atoms with E-state index in [1.807, 2.05) is 0 Å². The Kier molecular flexibility index (Phi) is 5.68. The minimum absolute atomic E-state index is 0.373. The summed E-state index contributed by atoms with van der Waals surface area (Å²) in [5.41, 5.74) is 1.37. The van der Waals surface area contributed by atoms with E-state index in [4.69, 9.17) is 0 Å². The second-order valence-electron chi connectivity index (χ2n) is 6.80. The molecule has 0 bridgehead atoms. The van der Waals surface area contributed by atoms with Crippen molar-refractivity contribution in [2.75, 3.05) is 26.2 Å². The Hall–Kier alpha value is -1.39. The SMILES string of the molecule is CCNCCC1CCC(=O)N1C1CCN(Cc2ccccc2)C1. The van der Waals surface area contributed by atoms with Gasteiger partial charge in [-0.3, -0.25) is 9.69 Å². The van der Waals surface area contributed by atoms with Crippen molar-refractivity contribution < 1.29 is 4.79 Å². The van der Waals surface area contributed by atoms with Crippen molar-refractivity contribution in [3.8, 4) is 0 Å². The maximum atomic E-state index is 12.4. The number of hydrogen-bond acceptors (Lipinski definition) is 3. The number of carbonyl (C=O) groups excluding carboxylic acids is 1. The van der Waals surface area contributed by atoms with Gasteiger partial charge in [0.25, 0.3) is 0 Å². The molecule has 1 aromatic carbocycles. The zero-order chi connectivity index (χ0) is 16.1. The monoisotopic (exact) mass is 315 g/mol. The van der Waals surface area contributed by atoms with E-state index in [9.17, 15) is 4.79 Å². The molecule has 2 aliphatic rings. The van der Waals surface area contributed by atoms with E-state index in [0.717, 1.165) is 58.4 Å². The minimum Gasteiger partial charge on any atom is -0.335 e. The summed E-state index contributed by atoms with van der Waals surface area (Å²) in [4.78, 5) is 17.1. The van der Waals surface area contributed by atoms with Gasteiger partial charge in [0.1, 0.15) is 0 Å². The maximum Gasteiger partial charge on any atom is 0.223 e. The Morgan fingerprint density at radius 1 is 1.22 bits per heavy atom. The lowest BCUT2D eigenvalue weighted by molar-refractivity contribution is -0.131. The number of amides is 1. The van der Waals surface area contributed by atoms with Gasteiger partial charge in [-0.15, -0.1) is 0 Å². The lowest BCUT2D eigenvalue weighted by atomic mass is 10.1. The number of nitrogens with one attached hydrogen (secondary N) is 1. The summed E-state index contributed by atoms with van der Waals surface area (Å²) in [5.74, 6) is 0.373. The highest BCUT2D eigenvalue weighted by molar-refractivity contribution is 5.79. The lowest BCUT2D eigenvalue weighted by Crippen LogP contribution is -2.44. The van der Waals surface area contributed by atoms with Crippen LogP contribution in [0.3, 0.4) is 0 Å². The van der Waals surface area contributed by atoms with Gasteiger partial charge < -0.3 is 10.2 Å². The molecule has 2 unspecified atom stereocenters. The van der Waals surface area contributed by atoms with Crippen LogP contribution in [-0.2, 0) is 11.3 Å². The molecule has 0 spiro atoms. The van der Waals surface area contributed by atoms with E-state index >= 15 is 0 Å². The van der Waals surface area contributed by atoms with Gasteiger partial charge in [0.05, 0.1) is 0 Å². The summed E-state index contributed by atoms with van der Waals surface area (Å²) in [5, 5.41) is 3.39. The van der Waals surface area contributed by atoms with E-state index in [0.29, 0.717) is 18.0 Å². The van der Waals surface area contributed by atoms with Gasteiger partial charge in [0.15, 0.2) is 0 Å². The molecule has 126 valence electrons. The lowest BCUT2D eigenvalue weighted by Gasteiger charge is -2.31. The Morgan fingerprint density at radius 2 is 2.04 bits per heavy atom. The van der Waals surface area contributed by atoms with Crippen LogP contribution in [0.5, 0.6) is 0 Å². The van der Waals surface area contributed by atoms with Crippen molar-refractivity contribution in [1.29, 1.82) is 0 Å². The molecule has 0 saturated carbocycles. The number of carbonyl (C=O) groups is 1. The van der Waals surface area contributed by atoms with Crippen LogP contribution in [0.15, 0.2) is 30.3 Å². The van der Waals surface area contributed by atoms with E-state index in [1.54, 1.807) is 0 Å². The average Bonchev–Trinajstić information content (AvgIpc) is 3.15. The number of nitrogens with zero attached hydrogens (tertiary/aromatic N) is 2. The minimum atomic E-state index is 0.373. The normalized spacial score (nSPS) is 25.4. The Balaban J connectivity index is 1.55. The summed E-state index contributed by atoms with van der Waals surface area (Å²) in [7, 11) is 0. The Labute approximate surface area is 139 Å². The molecule has 1 amide bonds. The fraction of sp³-hybridized carbons (Fsp3) is 0.632. The highest BCUT2D eigenvalue weighted by Crippen LogP contribution is 2.28. The van der Waals surface area contributed by atoms with Crippen molar-refractivity contribution in [2.45, 2.75) is 51.2 Å². The first-order valence-electron chi connectivity index (χ1n) is 9.06. The van der Waals surface area contributed by atoms with E-state index < -0.39 is 0 Å². The largest absolute Gasteiger partial charge is 0.335 e. The average molecular weight is 315 g/mol. The first kappa shape index (κ1) is 16.5. The molecule has 0 radical (unpaired) electrons. The molecule has 2 heterocycles. The standard InChI is InChI=1S/C19H29N3O/c1-2-20-12-10-17-8-9-19(23)22(17)18-11-13-21(15-18)14-16-6-4-3-5-7-16/h3-7,17-18,20H,2,8-15H2,1H3. The first-order chi connectivity index (χ1) is 11.3. The van der Waals surface area contributed by atoms with Crippen molar-refractivity contribution in [3.05, 3.63) is 35.9 Å². The Morgan fingerprint density at radius 3 is 2.83 bits per heavy atom. The molecule has 2 saturated heterocycles. The van der Waals surface area contributed by atoms with Crippen LogP contribution in [0.4, 0.5) is 0 Å². The fourth-order valence-electron chi connectivity index (χ4n) is 4.02. The van der Waals surface area contributed by atoms with Crippen LogP contribution < -0.4 is 5.32 Å². The maximum absolute atomic E-state index is 12.4. The molecule has 2 atom stereocenters. The van der Waals surface area contributed by atoms with Crippen molar-refractivity contribution in [3.63, 3.8) is 0 Å². The molecular formula is C19H29N3O. The van der Waals surface area contributed by atoms with Crippen LogP contribution in [0, 0.1) is 0 Å². The smallest absolute Gasteiger partial charge is 0.223 e. The zero-order valence-electron chi connectivity index (χ0n) is 14.2. The Bertz CT molecular complexity index is 505. The van der Waals surface area contributed by atoms with Crippen LogP contribution in [-0.4, -0.2) is 54.0 Å². The second-order valence-corrected chi connectivity index (χ2v) is 6.80. The van der Waals surface area contributed by atoms with E-state index in [-0.39, 0.29) is 0 Å². The highest BCUT2D eigenvalue weighted by Gasteiger charge is 2.38. The predicted octanol–water partition coefficient (Wildman–Crippen LogP) is 2.25. The zero-order valence-corrected chi connectivity index (χ0v) is 14.2. The van der Waals surface area contributed by atoms with Crippen molar-refractivity contribution in [2.24, 2.45) is 0 Å². The molecule has 0 aromatic heterocycles. The van der Waals surface area contributed by atoms with E-state index in [1.165, 1.54) is 5.56 Å². The summed E-state index contributed by atoms with van der Waals surface area (Å²) in [6, 6.07) is 11.5. The third-order valence-corrected chi connectivity index (χ3v) is 5.17. The van der Waals surface area contributed by atoms with Crippen LogP contribution in [0.25, 0.3) is 0 Å². The summed E-state index contributed by atoms with van der Waals surface area (Å²) >= 11 is 0. The van der Waals surface area contributed by atoms with Crippen LogP contribution in [0.2, 0.25) is 0 Å². The first-order valence-corrected chi connectivity index (χ1v) is 9.06. The van der Waals surface area contributed by atoms with Crippen LogP contribution >= 0.6 is 0 Å². The molecule has 2 aliphatic heterocycles. The second kappa shape index (κ2) is 7.93. The van der Waals surface area contributed by atoms with Gasteiger partial charge in [-0.05, 0) is 37.9 Å². The molecule has 3 rings (SSSR count). The van der Waals surface area contributed by atoms with Gasteiger partial charge in [-0.25, -0.2) is 0 Å². The van der Waals surface area contributed by atoms with Gasteiger partial charge in [0.2, 0.25) is 5.91 Å². The highest BCUT2D eigenvalue weighted by atomic mass is 16.2. The number of rotatable bonds is 7. The van der Waals surface area contributed by atoms with Gasteiger partial charge >= 0.3 is 0 Å². The predicted molar refractivity (Wildman–Crippen MR) is 93.2 cm³/mol. The molecular weight excluding hydrogens is 286 g/mol. The fourth-order valence-corrected chi connectivity index (χ4v) is 4.02.